The summed E-state index contributed by atoms with van der Waals surface area (Å²) in [5.74, 6) is -4.48. The second kappa shape index (κ2) is 18.8. The largest absolute Gasteiger partial charge is 0.350 e. The first kappa shape index (κ1) is 40.6. The summed E-state index contributed by atoms with van der Waals surface area (Å²) >= 11 is 0. The van der Waals surface area contributed by atoms with Crippen LogP contribution in [0.25, 0.3) is 0 Å². The second-order valence-corrected chi connectivity index (χ2v) is 7.31. The Labute approximate surface area is 202 Å². The lowest BCUT2D eigenvalue weighted by Crippen LogP contribution is -2.50. The first-order valence-corrected chi connectivity index (χ1v) is 9.36. The number of imide groups is 1. The fourth-order valence-electron chi connectivity index (χ4n) is 2.93. The lowest BCUT2D eigenvalue weighted by atomic mass is 9.85. The van der Waals surface area contributed by atoms with Crippen molar-refractivity contribution in [3.05, 3.63) is 24.3 Å². The first-order chi connectivity index (χ1) is 13.1. The fraction of sp³-hybridized carbons (Fsp3) is 0.640. The number of Topliss-reactive ketones (excluding diaryl/α,β-unsaturated/α-hetero) is 1. The summed E-state index contributed by atoms with van der Waals surface area (Å²) in [6.07, 6.45) is 6.41. The number of rotatable bonds is 9. The van der Waals surface area contributed by atoms with Crippen LogP contribution in [0.3, 0.4) is 0 Å². The van der Waals surface area contributed by atoms with Gasteiger partial charge in [0.15, 0.2) is 5.78 Å². The molecule has 4 atom stereocenters. The van der Waals surface area contributed by atoms with E-state index in [1.54, 1.807) is 39.0 Å². The Morgan fingerprint density at radius 3 is 1.91 bits per heavy atom. The van der Waals surface area contributed by atoms with Crippen LogP contribution in [0, 0.1) is 17.8 Å². The van der Waals surface area contributed by atoms with Crippen LogP contribution in [0.1, 0.15) is 78.2 Å². The molecule has 33 heavy (non-hydrogen) atoms. The van der Waals surface area contributed by atoms with Gasteiger partial charge in [-0.2, -0.15) is 0 Å². The van der Waals surface area contributed by atoms with Crippen LogP contribution in [0.5, 0.6) is 0 Å². The van der Waals surface area contributed by atoms with Gasteiger partial charge in [-0.15, -0.1) is 0 Å². The van der Waals surface area contributed by atoms with E-state index in [4.69, 9.17) is 0 Å². The minimum atomic E-state index is -1.10. The molecule has 4 amide bonds. The molecule has 1 saturated heterocycles. The van der Waals surface area contributed by atoms with Crippen LogP contribution in [-0.2, 0) is 24.0 Å². The van der Waals surface area contributed by atoms with Crippen molar-refractivity contribution >= 4 is 29.4 Å². The number of nitrogens with one attached hydrogen (secondary N) is 3. The van der Waals surface area contributed by atoms with Gasteiger partial charge in [0.1, 0.15) is 5.92 Å². The lowest BCUT2D eigenvalue weighted by molar-refractivity contribution is -0.137. The van der Waals surface area contributed by atoms with Crippen molar-refractivity contribution in [3.8, 4) is 0 Å². The number of carbonyl (C=O) groups excluding carboxylic acids is 5. The van der Waals surface area contributed by atoms with E-state index in [9.17, 15) is 24.0 Å². The fourth-order valence-corrected chi connectivity index (χ4v) is 2.93. The van der Waals surface area contributed by atoms with Crippen molar-refractivity contribution in [1.82, 2.24) is 16.0 Å². The van der Waals surface area contributed by atoms with Crippen molar-refractivity contribution < 1.29 is 24.0 Å². The van der Waals surface area contributed by atoms with Crippen molar-refractivity contribution in [1.29, 1.82) is 0 Å². The Kier molecular flexibility index (Phi) is 23.1. The van der Waals surface area contributed by atoms with Gasteiger partial charge in [-0.1, -0.05) is 76.1 Å². The summed E-state index contributed by atoms with van der Waals surface area (Å²) < 4.78 is 0. The topological polar surface area (TPSA) is 121 Å². The molecule has 0 unspecified atom stereocenters. The molecule has 1 fully saturated rings. The van der Waals surface area contributed by atoms with Gasteiger partial charge < -0.3 is 10.6 Å². The smallest absolute Gasteiger partial charge is 0.244 e. The molecule has 0 aromatic rings. The molecular formula is C25H49N3O5. The third-order valence-electron chi connectivity index (χ3n) is 4.47. The van der Waals surface area contributed by atoms with Crippen molar-refractivity contribution in [2.45, 2.75) is 90.3 Å². The van der Waals surface area contributed by atoms with Gasteiger partial charge in [-0.05, 0) is 19.8 Å². The second-order valence-electron chi connectivity index (χ2n) is 7.31. The zero-order valence-electron chi connectivity index (χ0n) is 16.9. The SMILES string of the molecule is C.C.C.C.C.CC=CC=CC(=O)N[C@H](C)CC(=O)N[C@H](C(=O)[C@@H]1C(=O)NC(=O)[C@H]1C)C(C)C. The summed E-state index contributed by atoms with van der Waals surface area (Å²) in [6.45, 7) is 8.52. The highest BCUT2D eigenvalue weighted by molar-refractivity contribution is 6.16. The predicted molar refractivity (Wildman–Crippen MR) is 137 cm³/mol. The van der Waals surface area contributed by atoms with E-state index in [1.165, 1.54) is 13.0 Å². The zero-order chi connectivity index (χ0) is 21.4. The van der Waals surface area contributed by atoms with E-state index in [-0.39, 0.29) is 55.4 Å². The molecule has 1 aliphatic rings. The molecular weight excluding hydrogens is 422 g/mol. The van der Waals surface area contributed by atoms with Gasteiger partial charge in [-0.25, -0.2) is 0 Å². The Morgan fingerprint density at radius 2 is 1.48 bits per heavy atom. The molecule has 0 radical (unpaired) electrons. The quantitative estimate of drug-likeness (QED) is 0.204. The summed E-state index contributed by atoms with van der Waals surface area (Å²) in [7, 11) is 0. The number of hydrogen-bond acceptors (Lipinski definition) is 5. The Morgan fingerprint density at radius 1 is 0.939 bits per heavy atom. The van der Waals surface area contributed by atoms with Crippen LogP contribution < -0.4 is 16.0 Å². The van der Waals surface area contributed by atoms with Crippen molar-refractivity contribution in [3.63, 3.8) is 0 Å². The summed E-state index contributed by atoms with van der Waals surface area (Å²) in [5, 5.41) is 7.46. The van der Waals surface area contributed by atoms with E-state index in [2.05, 4.69) is 16.0 Å². The van der Waals surface area contributed by atoms with Gasteiger partial charge >= 0.3 is 0 Å². The third kappa shape index (κ3) is 12.2. The van der Waals surface area contributed by atoms with Crippen LogP contribution in [-0.4, -0.2) is 41.5 Å². The number of amides is 4. The summed E-state index contributed by atoms with van der Waals surface area (Å²) in [4.78, 5) is 60.4. The van der Waals surface area contributed by atoms with E-state index >= 15 is 0 Å². The Bertz CT molecular complexity index is 698. The van der Waals surface area contributed by atoms with E-state index in [0.29, 0.717) is 0 Å². The molecule has 1 aliphatic heterocycles. The first-order valence-electron chi connectivity index (χ1n) is 9.36. The highest BCUT2D eigenvalue weighted by Crippen LogP contribution is 2.23. The highest BCUT2D eigenvalue weighted by Gasteiger charge is 2.46. The maximum atomic E-state index is 12.8. The molecule has 0 aliphatic carbocycles. The van der Waals surface area contributed by atoms with Crippen LogP contribution >= 0.6 is 0 Å². The Balaban J connectivity index is -0.000000523. The average molecular weight is 472 g/mol. The van der Waals surface area contributed by atoms with Crippen LogP contribution in [0.15, 0.2) is 24.3 Å². The van der Waals surface area contributed by atoms with E-state index in [0.717, 1.165) is 0 Å². The maximum absolute atomic E-state index is 12.8. The molecule has 0 saturated carbocycles. The third-order valence-corrected chi connectivity index (χ3v) is 4.47. The molecule has 0 bridgehead atoms. The van der Waals surface area contributed by atoms with E-state index < -0.39 is 47.4 Å². The van der Waals surface area contributed by atoms with E-state index in [1.807, 2.05) is 6.92 Å². The normalized spacial score (nSPS) is 18.5. The number of ketones is 1. The van der Waals surface area contributed by atoms with Gasteiger partial charge in [-0.3, -0.25) is 29.3 Å². The number of carbonyl (C=O) groups is 5. The summed E-state index contributed by atoms with van der Waals surface area (Å²) in [5.41, 5.74) is 0. The highest BCUT2D eigenvalue weighted by atomic mass is 16.2. The molecule has 8 heteroatoms. The molecule has 194 valence electrons. The Hall–Kier alpha value is -2.77. The number of hydrogen-bond donors (Lipinski definition) is 3. The lowest BCUT2D eigenvalue weighted by Gasteiger charge is -2.25. The standard InChI is InChI=1S/C20H29N3O5.5CH4/c1-6-7-8-9-14(24)21-12(4)10-15(25)22-17(11(2)3)18(26)16-13(5)19(27)23-20(16)28;;;;;/h6-9,11-13,16-17H,10H2,1-5H3,(H,21,24)(H,22,25)(H,23,27,28);5*1H4/t12-,13+,16-,17+;;;;;/m1...../s1. The predicted octanol–water partition coefficient (Wildman–Crippen LogP) is 3.81. The minimum absolute atomic E-state index is 0. The molecule has 1 rings (SSSR count). The zero-order valence-corrected chi connectivity index (χ0v) is 16.9. The van der Waals surface area contributed by atoms with Crippen LogP contribution in [0.4, 0.5) is 0 Å². The van der Waals surface area contributed by atoms with Crippen LogP contribution in [0.2, 0.25) is 0 Å². The number of allylic oxidation sites excluding steroid dienone is 3. The van der Waals surface area contributed by atoms with Crippen molar-refractivity contribution in [2.24, 2.45) is 17.8 Å². The summed E-state index contributed by atoms with van der Waals surface area (Å²) in [6, 6.07) is -1.34. The molecule has 0 aromatic carbocycles. The van der Waals surface area contributed by atoms with Crippen molar-refractivity contribution in [2.75, 3.05) is 0 Å². The molecule has 1 heterocycles. The minimum Gasteiger partial charge on any atom is -0.350 e. The van der Waals surface area contributed by atoms with Gasteiger partial charge in [0.25, 0.3) is 0 Å². The average Bonchev–Trinajstić information content (AvgIpc) is 2.84. The molecule has 0 aromatic heterocycles. The molecule has 0 spiro atoms. The van der Waals surface area contributed by atoms with Gasteiger partial charge in [0, 0.05) is 18.5 Å². The molecule has 3 N–H and O–H groups in total. The monoisotopic (exact) mass is 471 g/mol. The molecule has 8 nitrogen and oxygen atoms in total. The van der Waals surface area contributed by atoms with Gasteiger partial charge in [0.2, 0.25) is 23.6 Å². The van der Waals surface area contributed by atoms with Gasteiger partial charge in [0.05, 0.1) is 12.0 Å². The maximum Gasteiger partial charge on any atom is 0.244 e.